The van der Waals surface area contributed by atoms with Crippen molar-refractivity contribution in [1.82, 2.24) is 5.32 Å². The molecule has 15 heavy (non-hydrogen) atoms. The first-order valence-electron chi connectivity index (χ1n) is 5.13. The van der Waals surface area contributed by atoms with Gasteiger partial charge < -0.3 is 19.9 Å². The Morgan fingerprint density at radius 3 is 2.60 bits per heavy atom. The minimum Gasteiger partial charge on any atom is -0.508 e. The maximum atomic E-state index is 9.35. The Morgan fingerprint density at radius 2 is 1.93 bits per heavy atom. The van der Waals surface area contributed by atoms with E-state index in [1.165, 1.54) is 0 Å². The summed E-state index contributed by atoms with van der Waals surface area (Å²) >= 11 is 0. The normalized spacial score (nSPS) is 34.3. The molecule has 0 aliphatic carbocycles. The molecule has 0 amide bonds. The van der Waals surface area contributed by atoms with Crippen LogP contribution in [0.25, 0.3) is 0 Å². The van der Waals surface area contributed by atoms with Gasteiger partial charge in [-0.25, -0.2) is 0 Å². The molecule has 0 saturated carbocycles. The fraction of sp³-hybridized carbons (Fsp3) is 0.455. The zero-order valence-electron chi connectivity index (χ0n) is 8.22. The lowest BCUT2D eigenvalue weighted by atomic mass is 10.2. The van der Waals surface area contributed by atoms with Crippen LogP contribution in [-0.2, 0) is 9.47 Å². The molecule has 80 valence electrons. The third kappa shape index (κ3) is 1.61. The van der Waals surface area contributed by atoms with E-state index in [4.69, 9.17) is 9.47 Å². The van der Waals surface area contributed by atoms with Gasteiger partial charge in [-0.05, 0) is 12.1 Å². The van der Waals surface area contributed by atoms with E-state index in [1.807, 2.05) is 6.07 Å². The Morgan fingerprint density at radius 1 is 1.20 bits per heavy atom. The van der Waals surface area contributed by atoms with Crippen LogP contribution in [0, 0.1) is 0 Å². The molecule has 0 spiro atoms. The van der Waals surface area contributed by atoms with Crippen LogP contribution in [0.1, 0.15) is 11.9 Å². The topological polar surface area (TPSA) is 50.7 Å². The van der Waals surface area contributed by atoms with Gasteiger partial charge in [-0.3, -0.25) is 0 Å². The van der Waals surface area contributed by atoms with Gasteiger partial charge in [0.1, 0.15) is 18.0 Å². The van der Waals surface area contributed by atoms with Gasteiger partial charge in [0.25, 0.3) is 0 Å². The van der Waals surface area contributed by atoms with Crippen LogP contribution in [0.2, 0.25) is 0 Å². The quantitative estimate of drug-likeness (QED) is 0.714. The minimum absolute atomic E-state index is 0.150. The maximum absolute atomic E-state index is 9.35. The Labute approximate surface area is 87.8 Å². The summed E-state index contributed by atoms with van der Waals surface area (Å²) in [6.45, 7) is 1.69. The molecule has 1 aromatic carbocycles. The highest BCUT2D eigenvalue weighted by atomic mass is 16.7. The average Bonchev–Trinajstić information content (AvgIpc) is 2.76. The third-order valence-corrected chi connectivity index (χ3v) is 2.84. The molecule has 1 aromatic rings. The van der Waals surface area contributed by atoms with Gasteiger partial charge in [0, 0.05) is 18.7 Å². The van der Waals surface area contributed by atoms with Gasteiger partial charge >= 0.3 is 0 Å². The molecule has 4 heteroatoms. The minimum atomic E-state index is -0.325. The average molecular weight is 207 g/mol. The van der Waals surface area contributed by atoms with Crippen molar-refractivity contribution >= 4 is 0 Å². The lowest BCUT2D eigenvalue weighted by molar-refractivity contribution is -0.0729. The fourth-order valence-corrected chi connectivity index (χ4v) is 2.08. The van der Waals surface area contributed by atoms with Crippen LogP contribution in [0.4, 0.5) is 0 Å². The highest BCUT2D eigenvalue weighted by Gasteiger charge is 2.39. The number of benzene rings is 1. The maximum Gasteiger partial charge on any atom is 0.184 e. The first kappa shape index (κ1) is 9.15. The number of rotatable bonds is 1. The molecule has 2 fully saturated rings. The Balaban J connectivity index is 1.79. The zero-order chi connectivity index (χ0) is 10.3. The SMILES string of the molecule is Oc1cccc(C2OC3CNCC3O2)c1. The second-order valence-electron chi connectivity index (χ2n) is 3.93. The van der Waals surface area contributed by atoms with Crippen LogP contribution in [0.5, 0.6) is 5.75 Å². The third-order valence-electron chi connectivity index (χ3n) is 2.84. The van der Waals surface area contributed by atoms with Crippen molar-refractivity contribution in [3.8, 4) is 5.75 Å². The second kappa shape index (κ2) is 3.48. The fourth-order valence-electron chi connectivity index (χ4n) is 2.08. The van der Waals surface area contributed by atoms with Crippen molar-refractivity contribution in [2.75, 3.05) is 13.1 Å². The zero-order valence-corrected chi connectivity index (χ0v) is 8.22. The summed E-state index contributed by atoms with van der Waals surface area (Å²) in [6, 6.07) is 7.02. The smallest absolute Gasteiger partial charge is 0.184 e. The van der Waals surface area contributed by atoms with Crippen molar-refractivity contribution in [3.63, 3.8) is 0 Å². The molecule has 0 aromatic heterocycles. The van der Waals surface area contributed by atoms with Gasteiger partial charge in [-0.2, -0.15) is 0 Å². The van der Waals surface area contributed by atoms with Gasteiger partial charge in [0.2, 0.25) is 0 Å². The van der Waals surface area contributed by atoms with E-state index in [9.17, 15) is 5.11 Å². The molecule has 2 N–H and O–H groups in total. The summed E-state index contributed by atoms with van der Waals surface area (Å²) in [5, 5.41) is 12.6. The van der Waals surface area contributed by atoms with Gasteiger partial charge in [-0.15, -0.1) is 0 Å². The highest BCUT2D eigenvalue weighted by Crippen LogP contribution is 2.33. The van der Waals surface area contributed by atoms with Crippen molar-refractivity contribution in [2.24, 2.45) is 0 Å². The Bertz CT molecular complexity index is 357. The molecule has 2 heterocycles. The number of aromatic hydroxyl groups is 1. The molecular weight excluding hydrogens is 194 g/mol. The molecule has 2 aliphatic heterocycles. The molecule has 2 saturated heterocycles. The summed E-state index contributed by atoms with van der Waals surface area (Å²) in [5.74, 6) is 0.245. The lowest BCUT2D eigenvalue weighted by Crippen LogP contribution is -2.18. The van der Waals surface area contributed by atoms with Crippen molar-refractivity contribution in [1.29, 1.82) is 0 Å². The summed E-state index contributed by atoms with van der Waals surface area (Å²) in [7, 11) is 0. The summed E-state index contributed by atoms with van der Waals surface area (Å²) in [6.07, 6.45) is -0.0242. The molecule has 3 rings (SSSR count). The molecular formula is C11H13NO3. The number of phenolic OH excluding ortho intramolecular Hbond substituents is 1. The number of nitrogens with one attached hydrogen (secondary N) is 1. The summed E-state index contributed by atoms with van der Waals surface area (Å²) in [4.78, 5) is 0. The first-order valence-corrected chi connectivity index (χ1v) is 5.13. The van der Waals surface area contributed by atoms with Crippen LogP contribution >= 0.6 is 0 Å². The number of ether oxygens (including phenoxy) is 2. The van der Waals surface area contributed by atoms with Crippen LogP contribution in [0.15, 0.2) is 24.3 Å². The molecule has 2 atom stereocenters. The van der Waals surface area contributed by atoms with E-state index in [2.05, 4.69) is 5.32 Å². The molecule has 4 nitrogen and oxygen atoms in total. The predicted octanol–water partition coefficient (Wildman–Crippen LogP) is 0.778. The first-order chi connectivity index (χ1) is 7.33. The largest absolute Gasteiger partial charge is 0.508 e. The van der Waals surface area contributed by atoms with E-state index in [0.717, 1.165) is 18.7 Å². The monoisotopic (exact) mass is 207 g/mol. The van der Waals surface area contributed by atoms with Gasteiger partial charge in [0.05, 0.1) is 0 Å². The summed E-state index contributed by atoms with van der Waals surface area (Å²) in [5.41, 5.74) is 0.879. The van der Waals surface area contributed by atoms with E-state index in [-0.39, 0.29) is 24.2 Å². The molecule has 0 radical (unpaired) electrons. The van der Waals surface area contributed by atoms with Crippen molar-refractivity contribution in [3.05, 3.63) is 29.8 Å². The summed E-state index contributed by atoms with van der Waals surface area (Å²) < 4.78 is 11.5. The number of hydrogen-bond donors (Lipinski definition) is 2. The highest BCUT2D eigenvalue weighted by molar-refractivity contribution is 5.28. The van der Waals surface area contributed by atoms with E-state index in [0.29, 0.717) is 0 Å². The van der Waals surface area contributed by atoms with E-state index in [1.54, 1.807) is 18.2 Å². The number of hydrogen-bond acceptors (Lipinski definition) is 4. The Hall–Kier alpha value is -1.10. The molecule has 0 bridgehead atoms. The number of fused-ring (bicyclic) bond motifs is 1. The standard InChI is InChI=1S/C11H13NO3/c13-8-3-1-2-7(4-8)11-14-9-5-12-6-10(9)15-11/h1-4,9-13H,5-6H2. The predicted molar refractivity (Wildman–Crippen MR) is 53.5 cm³/mol. The number of phenols is 1. The molecule has 2 aliphatic rings. The molecule has 2 unspecified atom stereocenters. The van der Waals surface area contributed by atoms with Crippen LogP contribution in [0.3, 0.4) is 0 Å². The van der Waals surface area contributed by atoms with Crippen molar-refractivity contribution in [2.45, 2.75) is 18.5 Å². The van der Waals surface area contributed by atoms with Gasteiger partial charge in [-0.1, -0.05) is 12.1 Å². The van der Waals surface area contributed by atoms with Gasteiger partial charge in [0.15, 0.2) is 6.29 Å². The van der Waals surface area contributed by atoms with Crippen molar-refractivity contribution < 1.29 is 14.6 Å². The Kier molecular flexibility index (Phi) is 2.12. The lowest BCUT2D eigenvalue weighted by Gasteiger charge is -2.12. The van der Waals surface area contributed by atoms with E-state index >= 15 is 0 Å². The van der Waals surface area contributed by atoms with Crippen LogP contribution < -0.4 is 5.32 Å². The van der Waals surface area contributed by atoms with Crippen LogP contribution in [-0.4, -0.2) is 30.4 Å². The second-order valence-corrected chi connectivity index (χ2v) is 3.93. The van der Waals surface area contributed by atoms with E-state index < -0.39 is 0 Å².